The van der Waals surface area contributed by atoms with Crippen LogP contribution in [0.3, 0.4) is 0 Å². The first-order chi connectivity index (χ1) is 12.4. The molecule has 0 radical (unpaired) electrons. The zero-order valence-corrected chi connectivity index (χ0v) is 21.5. The van der Waals surface area contributed by atoms with Crippen LogP contribution in [0.25, 0.3) is 0 Å². The van der Waals surface area contributed by atoms with Crippen molar-refractivity contribution in [3.05, 3.63) is 0 Å². The van der Waals surface area contributed by atoms with Crippen LogP contribution >= 0.6 is 47.0 Å². The molecule has 0 aromatic heterocycles. The number of hydrogen-bond acceptors (Lipinski definition) is 8. The van der Waals surface area contributed by atoms with Crippen LogP contribution in [0.2, 0.25) is 0 Å². The Morgan fingerprint density at radius 1 is 0.615 bits per heavy atom. The molecule has 2 nitrogen and oxygen atoms in total. The van der Waals surface area contributed by atoms with Crippen molar-refractivity contribution in [3.8, 4) is 0 Å². The van der Waals surface area contributed by atoms with Crippen molar-refractivity contribution < 1.29 is 9.47 Å². The minimum Gasteiger partial charge on any atom is -0.789 e. The smallest absolute Gasteiger partial charge is 0.0700 e. The van der Waals surface area contributed by atoms with E-state index in [1.54, 1.807) is 0 Å². The van der Waals surface area contributed by atoms with Crippen LogP contribution in [0.1, 0.15) is 27.7 Å². The molecule has 158 valence electrons. The molecule has 8 heteroatoms. The monoisotopic (exact) mass is 476 g/mol. The lowest BCUT2D eigenvalue weighted by Crippen LogP contribution is -2.11. The standard InChI is InChI=1S/C18H38O2S6/c1-15(21)11-25-17(3)13-23-9-7-19-5-6-20-8-10-24-14-18(4)26-12-16(2)22/h15-18,21-22H,5-14H2,1-4H3/p-2. The van der Waals surface area contributed by atoms with Crippen LogP contribution in [0.15, 0.2) is 0 Å². The molecule has 0 saturated heterocycles. The van der Waals surface area contributed by atoms with Crippen molar-refractivity contribution in [2.24, 2.45) is 0 Å². The Bertz CT molecular complexity index is 267. The highest BCUT2D eigenvalue weighted by molar-refractivity contribution is 8.04. The maximum absolute atomic E-state index is 5.62. The molecule has 0 rings (SSSR count). The van der Waals surface area contributed by atoms with Gasteiger partial charge in [-0.2, -0.15) is 57.5 Å². The Morgan fingerprint density at radius 3 is 1.35 bits per heavy atom. The minimum atomic E-state index is 0.372. The molecule has 0 saturated carbocycles. The molecule has 4 atom stereocenters. The maximum Gasteiger partial charge on any atom is 0.0700 e. The lowest BCUT2D eigenvalue weighted by molar-refractivity contribution is 0.0605. The van der Waals surface area contributed by atoms with Gasteiger partial charge in [-0.3, -0.25) is 0 Å². The topological polar surface area (TPSA) is 18.5 Å². The molecule has 0 aliphatic heterocycles. The largest absolute Gasteiger partial charge is 0.789 e. The number of rotatable bonds is 19. The average Bonchev–Trinajstić information content (AvgIpc) is 2.59. The van der Waals surface area contributed by atoms with Gasteiger partial charge in [0.15, 0.2) is 0 Å². The van der Waals surface area contributed by atoms with Crippen molar-refractivity contribution in [2.75, 3.05) is 60.9 Å². The molecule has 0 heterocycles. The fourth-order valence-corrected chi connectivity index (χ4v) is 6.24. The minimum absolute atomic E-state index is 0.372. The van der Waals surface area contributed by atoms with Gasteiger partial charge < -0.3 is 34.7 Å². The second-order valence-electron chi connectivity index (χ2n) is 6.28. The predicted octanol–water partition coefficient (Wildman–Crippen LogP) is 4.60. The quantitative estimate of drug-likeness (QED) is 0.196. The summed E-state index contributed by atoms with van der Waals surface area (Å²) in [5.74, 6) is 6.62. The van der Waals surface area contributed by atoms with E-state index in [-0.39, 0.29) is 0 Å². The summed E-state index contributed by atoms with van der Waals surface area (Å²) in [5.41, 5.74) is 0. The zero-order chi connectivity index (χ0) is 19.6. The molecule has 0 aromatic carbocycles. The van der Waals surface area contributed by atoms with Gasteiger partial charge in [0.25, 0.3) is 0 Å². The predicted molar refractivity (Wildman–Crippen MR) is 134 cm³/mol. The number of ether oxygens (including phenoxy) is 2. The highest BCUT2D eigenvalue weighted by atomic mass is 32.2. The fourth-order valence-electron chi connectivity index (χ4n) is 1.75. The molecule has 26 heavy (non-hydrogen) atoms. The Labute approximate surface area is 190 Å². The molecule has 0 aliphatic rings. The summed E-state index contributed by atoms with van der Waals surface area (Å²) in [4.78, 5) is 0. The highest BCUT2D eigenvalue weighted by Crippen LogP contribution is 2.18. The number of hydrogen-bond donors (Lipinski definition) is 0. The van der Waals surface area contributed by atoms with Crippen molar-refractivity contribution in [2.45, 2.75) is 48.7 Å². The molecule has 0 amide bonds. The summed E-state index contributed by atoms with van der Waals surface area (Å²) in [7, 11) is 0. The summed E-state index contributed by atoms with van der Waals surface area (Å²) in [6.07, 6.45) is 0. The van der Waals surface area contributed by atoms with Gasteiger partial charge in [0.05, 0.1) is 26.4 Å². The van der Waals surface area contributed by atoms with Crippen LogP contribution < -0.4 is 0 Å². The van der Waals surface area contributed by atoms with Gasteiger partial charge in [-0.15, -0.1) is 0 Å². The lowest BCUT2D eigenvalue weighted by atomic mass is 10.5. The normalized spacial score (nSPS) is 16.4. The van der Waals surface area contributed by atoms with Crippen LogP contribution in [0.4, 0.5) is 0 Å². The van der Waals surface area contributed by atoms with E-state index in [0.717, 1.165) is 36.2 Å². The summed E-state index contributed by atoms with van der Waals surface area (Å²) >= 11 is 18.3. The van der Waals surface area contributed by atoms with Crippen LogP contribution in [0.5, 0.6) is 0 Å². The summed E-state index contributed by atoms with van der Waals surface area (Å²) in [6.45, 7) is 11.8. The summed E-state index contributed by atoms with van der Waals surface area (Å²) in [5, 5.41) is 2.09. The highest BCUT2D eigenvalue weighted by Gasteiger charge is 2.03. The van der Waals surface area contributed by atoms with E-state index in [1.807, 2.05) is 47.0 Å². The van der Waals surface area contributed by atoms with Gasteiger partial charge in [0.2, 0.25) is 0 Å². The van der Waals surface area contributed by atoms with Gasteiger partial charge in [-0.25, -0.2) is 0 Å². The van der Waals surface area contributed by atoms with Gasteiger partial charge in [-0.05, 0) is 11.5 Å². The van der Waals surface area contributed by atoms with E-state index in [0.29, 0.717) is 34.2 Å². The fraction of sp³-hybridized carbons (Fsp3) is 1.00. The molecule has 0 aliphatic carbocycles. The van der Waals surface area contributed by atoms with Crippen LogP contribution in [-0.4, -0.2) is 81.9 Å². The van der Waals surface area contributed by atoms with Crippen LogP contribution in [-0.2, 0) is 34.7 Å². The molecule has 0 fully saturated rings. The van der Waals surface area contributed by atoms with E-state index >= 15 is 0 Å². The SMILES string of the molecule is CC([S-])CSC(C)CSCCOCCOCCSCC(C)SCC(C)[S-]. The molecular weight excluding hydrogens is 441 g/mol. The van der Waals surface area contributed by atoms with Gasteiger partial charge in [0.1, 0.15) is 0 Å². The maximum atomic E-state index is 5.62. The Morgan fingerprint density at radius 2 is 1.00 bits per heavy atom. The molecule has 0 N–H and O–H groups in total. The molecule has 0 bridgehead atoms. The molecule has 4 unspecified atom stereocenters. The second-order valence-corrected chi connectivity index (χ2v) is 13.1. The lowest BCUT2D eigenvalue weighted by Gasteiger charge is -2.18. The Kier molecular flexibility index (Phi) is 21.9. The third-order valence-corrected chi connectivity index (χ3v) is 9.47. The molecule has 0 spiro atoms. The van der Waals surface area contributed by atoms with Crippen molar-refractivity contribution in [1.82, 2.24) is 0 Å². The van der Waals surface area contributed by atoms with Crippen LogP contribution in [0, 0.1) is 0 Å². The summed E-state index contributed by atoms with van der Waals surface area (Å²) < 4.78 is 11.2. The van der Waals surface area contributed by atoms with Crippen molar-refractivity contribution in [1.29, 1.82) is 0 Å². The third-order valence-electron chi connectivity index (χ3n) is 3.05. The average molecular weight is 477 g/mol. The first-order valence-corrected chi connectivity index (χ1v) is 14.6. The van der Waals surface area contributed by atoms with E-state index in [2.05, 4.69) is 27.7 Å². The van der Waals surface area contributed by atoms with Gasteiger partial charge in [0, 0.05) is 33.5 Å². The zero-order valence-electron chi connectivity index (χ0n) is 16.6. The Balaban J connectivity index is 3.20. The third kappa shape index (κ3) is 22.3. The summed E-state index contributed by atoms with van der Waals surface area (Å²) in [6, 6.07) is 0. The van der Waals surface area contributed by atoms with E-state index in [4.69, 9.17) is 34.7 Å². The molecule has 0 aromatic rings. The van der Waals surface area contributed by atoms with Crippen molar-refractivity contribution >= 4 is 72.3 Å². The van der Waals surface area contributed by atoms with Gasteiger partial charge >= 0.3 is 0 Å². The molecular formula is C18H36O2S6-2. The Hall–Kier alpha value is 2.02. The number of thioether (sulfide) groups is 4. The first kappa shape index (κ1) is 28.0. The second kappa shape index (κ2) is 20.3. The van der Waals surface area contributed by atoms with Crippen molar-refractivity contribution in [3.63, 3.8) is 0 Å². The van der Waals surface area contributed by atoms with E-state index < -0.39 is 0 Å². The first-order valence-electron chi connectivity index (χ1n) is 9.27. The van der Waals surface area contributed by atoms with E-state index in [1.165, 1.54) is 11.5 Å². The van der Waals surface area contributed by atoms with Gasteiger partial charge in [-0.1, -0.05) is 27.7 Å². The van der Waals surface area contributed by atoms with E-state index in [9.17, 15) is 0 Å².